The second kappa shape index (κ2) is 7.42. The number of hydrogen-bond acceptors (Lipinski definition) is 3. The van der Waals surface area contributed by atoms with Crippen LogP contribution >= 0.6 is 0 Å². The first-order valence-electron chi connectivity index (χ1n) is 5.49. The van der Waals surface area contributed by atoms with Crippen molar-refractivity contribution in [1.29, 1.82) is 0 Å². The molecule has 0 radical (unpaired) electrons. The Morgan fingerprint density at radius 1 is 1.39 bits per heavy atom. The summed E-state index contributed by atoms with van der Waals surface area (Å²) >= 11 is 0. The van der Waals surface area contributed by atoms with Crippen molar-refractivity contribution < 1.29 is 23.0 Å². The normalized spacial score (nSPS) is 10.9. The van der Waals surface area contributed by atoms with Crippen LogP contribution in [0.15, 0.2) is 30.3 Å². The van der Waals surface area contributed by atoms with E-state index in [-0.39, 0.29) is 18.1 Å². The average molecular weight is 256 g/mol. The maximum atomic E-state index is 12.1. The second-order valence-corrected chi connectivity index (χ2v) is 3.33. The van der Waals surface area contributed by atoms with Gasteiger partial charge in [0.25, 0.3) is 0 Å². The molecule has 0 spiro atoms. The third-order valence-electron chi connectivity index (χ3n) is 2.02. The highest BCUT2D eigenvalue weighted by atomic mass is 19.3. The van der Waals surface area contributed by atoms with Gasteiger partial charge in [-0.15, -0.1) is 0 Å². The van der Waals surface area contributed by atoms with E-state index in [0.717, 1.165) is 0 Å². The first-order valence-corrected chi connectivity index (χ1v) is 5.49. The lowest BCUT2D eigenvalue weighted by atomic mass is 10.2. The van der Waals surface area contributed by atoms with Crippen molar-refractivity contribution >= 4 is 12.0 Å². The number of rotatable bonds is 6. The van der Waals surface area contributed by atoms with Crippen LogP contribution in [-0.4, -0.2) is 19.2 Å². The fourth-order valence-electron chi connectivity index (χ4n) is 1.32. The summed E-state index contributed by atoms with van der Waals surface area (Å²) in [6.07, 6.45) is 3.19. The Morgan fingerprint density at radius 3 is 2.78 bits per heavy atom. The molecular formula is C13H14F2O3. The maximum Gasteiger partial charge on any atom is 0.387 e. The molecule has 0 heterocycles. The van der Waals surface area contributed by atoms with Crippen LogP contribution in [0.25, 0.3) is 6.08 Å². The summed E-state index contributed by atoms with van der Waals surface area (Å²) in [7, 11) is 0. The lowest BCUT2D eigenvalue weighted by Crippen LogP contribution is -2.03. The second-order valence-electron chi connectivity index (χ2n) is 3.33. The van der Waals surface area contributed by atoms with Crippen molar-refractivity contribution in [2.24, 2.45) is 0 Å². The first-order chi connectivity index (χ1) is 8.63. The van der Waals surface area contributed by atoms with Crippen LogP contribution in [0.4, 0.5) is 8.78 Å². The number of hydrogen-bond donors (Lipinski definition) is 0. The molecular weight excluding hydrogens is 242 g/mol. The van der Waals surface area contributed by atoms with Crippen LogP contribution in [-0.2, 0) is 9.53 Å². The average Bonchev–Trinajstić information content (AvgIpc) is 2.31. The third-order valence-corrected chi connectivity index (χ3v) is 2.02. The highest BCUT2D eigenvalue weighted by molar-refractivity contribution is 5.73. The molecule has 5 heteroatoms. The Bertz CT molecular complexity index is 416. The minimum absolute atomic E-state index is 0.0765. The number of carbonyl (C=O) groups is 1. The maximum absolute atomic E-state index is 12.1. The molecule has 98 valence electrons. The molecule has 0 amide bonds. The van der Waals surface area contributed by atoms with E-state index in [9.17, 15) is 13.6 Å². The highest BCUT2D eigenvalue weighted by Crippen LogP contribution is 2.21. The molecule has 18 heavy (non-hydrogen) atoms. The smallest absolute Gasteiger partial charge is 0.387 e. The lowest BCUT2D eigenvalue weighted by Gasteiger charge is -2.07. The van der Waals surface area contributed by atoms with Crippen molar-refractivity contribution in [2.45, 2.75) is 20.0 Å². The van der Waals surface area contributed by atoms with Crippen molar-refractivity contribution in [3.63, 3.8) is 0 Å². The zero-order valence-corrected chi connectivity index (χ0v) is 9.94. The molecule has 1 aromatic rings. The van der Waals surface area contributed by atoms with E-state index in [4.69, 9.17) is 4.74 Å². The van der Waals surface area contributed by atoms with Gasteiger partial charge in [0, 0.05) is 5.56 Å². The number of ether oxygens (including phenoxy) is 2. The van der Waals surface area contributed by atoms with Gasteiger partial charge >= 0.3 is 12.6 Å². The van der Waals surface area contributed by atoms with Gasteiger partial charge in [-0.3, -0.25) is 4.79 Å². The zero-order valence-electron chi connectivity index (χ0n) is 9.94. The Balaban J connectivity index is 2.65. The van der Waals surface area contributed by atoms with Crippen molar-refractivity contribution in [1.82, 2.24) is 0 Å². The fourth-order valence-corrected chi connectivity index (χ4v) is 1.32. The van der Waals surface area contributed by atoms with E-state index in [1.165, 1.54) is 6.07 Å². The molecule has 0 bridgehead atoms. The van der Waals surface area contributed by atoms with Crippen LogP contribution in [0.5, 0.6) is 5.75 Å². The molecule has 0 atom stereocenters. The summed E-state index contributed by atoms with van der Waals surface area (Å²) < 4.78 is 33.3. The van der Waals surface area contributed by atoms with E-state index in [2.05, 4.69) is 4.74 Å². The monoisotopic (exact) mass is 256 g/mol. The van der Waals surface area contributed by atoms with Gasteiger partial charge in [0.2, 0.25) is 0 Å². The van der Waals surface area contributed by atoms with Gasteiger partial charge in [-0.2, -0.15) is 8.78 Å². The van der Waals surface area contributed by atoms with E-state index >= 15 is 0 Å². The molecule has 0 aliphatic carbocycles. The van der Waals surface area contributed by atoms with Crippen LogP contribution in [0.3, 0.4) is 0 Å². The minimum Gasteiger partial charge on any atom is -0.466 e. The predicted molar refractivity (Wildman–Crippen MR) is 63.4 cm³/mol. The van der Waals surface area contributed by atoms with Gasteiger partial charge < -0.3 is 9.47 Å². The molecule has 0 saturated heterocycles. The molecule has 0 saturated carbocycles. The zero-order chi connectivity index (χ0) is 13.4. The fraction of sp³-hybridized carbons (Fsp3) is 0.308. The van der Waals surface area contributed by atoms with Crippen LogP contribution in [0.1, 0.15) is 18.9 Å². The standard InChI is InChI=1S/C13H14F2O3/c1-2-17-12(16)9-5-7-10-6-3-4-8-11(10)18-13(14)15/h3-8,13H,2,9H2,1H3. The molecule has 0 fully saturated rings. The van der Waals surface area contributed by atoms with Gasteiger partial charge in [-0.05, 0) is 13.0 Å². The summed E-state index contributed by atoms with van der Waals surface area (Å²) in [5.74, 6) is -0.284. The van der Waals surface area contributed by atoms with Gasteiger partial charge in [-0.1, -0.05) is 30.4 Å². The Hall–Kier alpha value is -1.91. The molecule has 1 rings (SSSR count). The topological polar surface area (TPSA) is 35.5 Å². The molecule has 0 aromatic heterocycles. The SMILES string of the molecule is CCOC(=O)CC=Cc1ccccc1OC(F)F. The molecule has 0 unspecified atom stereocenters. The van der Waals surface area contributed by atoms with Crippen LogP contribution < -0.4 is 4.74 Å². The Morgan fingerprint density at radius 2 is 2.11 bits per heavy atom. The summed E-state index contributed by atoms with van der Waals surface area (Å²) in [5.41, 5.74) is 0.488. The largest absolute Gasteiger partial charge is 0.466 e. The number of alkyl halides is 2. The number of halogens is 2. The molecule has 0 aliphatic heterocycles. The lowest BCUT2D eigenvalue weighted by molar-refractivity contribution is -0.142. The summed E-state index contributed by atoms with van der Waals surface area (Å²) in [5, 5.41) is 0. The van der Waals surface area contributed by atoms with Gasteiger partial charge in [0.1, 0.15) is 5.75 Å². The van der Waals surface area contributed by atoms with Gasteiger partial charge in [0.15, 0.2) is 0 Å². The first kappa shape index (κ1) is 14.2. The van der Waals surface area contributed by atoms with Crippen molar-refractivity contribution in [3.8, 4) is 5.75 Å². The van der Waals surface area contributed by atoms with E-state index in [0.29, 0.717) is 12.2 Å². The van der Waals surface area contributed by atoms with Crippen molar-refractivity contribution in [2.75, 3.05) is 6.61 Å². The third kappa shape index (κ3) is 4.95. The Labute approximate surface area is 104 Å². The van der Waals surface area contributed by atoms with Crippen LogP contribution in [0.2, 0.25) is 0 Å². The molecule has 1 aromatic carbocycles. The molecule has 0 N–H and O–H groups in total. The number of para-hydroxylation sites is 1. The quantitative estimate of drug-likeness (QED) is 0.733. The number of carbonyl (C=O) groups excluding carboxylic acids is 1. The van der Waals surface area contributed by atoms with Gasteiger partial charge in [0.05, 0.1) is 13.0 Å². The summed E-state index contributed by atoms with van der Waals surface area (Å²) in [4.78, 5) is 11.1. The Kier molecular flexibility index (Phi) is 5.84. The predicted octanol–water partition coefficient (Wildman–Crippen LogP) is 3.25. The summed E-state index contributed by atoms with van der Waals surface area (Å²) in [6.45, 7) is -0.838. The van der Waals surface area contributed by atoms with Gasteiger partial charge in [-0.25, -0.2) is 0 Å². The highest BCUT2D eigenvalue weighted by Gasteiger charge is 2.07. The molecule has 3 nitrogen and oxygen atoms in total. The van der Waals surface area contributed by atoms with Crippen molar-refractivity contribution in [3.05, 3.63) is 35.9 Å². The van der Waals surface area contributed by atoms with E-state index in [1.807, 2.05) is 0 Å². The van der Waals surface area contributed by atoms with Crippen LogP contribution in [0, 0.1) is 0 Å². The molecule has 0 aliphatic rings. The minimum atomic E-state index is -2.87. The van der Waals surface area contributed by atoms with E-state index < -0.39 is 6.61 Å². The summed E-state index contributed by atoms with van der Waals surface area (Å²) in [6, 6.07) is 6.36. The van der Waals surface area contributed by atoms with E-state index in [1.54, 1.807) is 37.3 Å². The number of esters is 1. The number of benzene rings is 1.